The second-order valence-electron chi connectivity index (χ2n) is 8.14. The summed E-state index contributed by atoms with van der Waals surface area (Å²) < 4.78 is 25.2. The van der Waals surface area contributed by atoms with Crippen LogP contribution in [-0.4, -0.2) is 35.0 Å². The number of halogens is 1. The largest absolute Gasteiger partial charge is 0.487 e. The lowest BCUT2D eigenvalue weighted by molar-refractivity contribution is -0.0636. The predicted molar refractivity (Wildman–Crippen MR) is 117 cm³/mol. The van der Waals surface area contributed by atoms with E-state index in [4.69, 9.17) is 9.47 Å². The normalized spacial score (nSPS) is 19.0. The molecule has 0 aliphatic carbocycles. The van der Waals surface area contributed by atoms with Gasteiger partial charge < -0.3 is 20.1 Å². The molecule has 2 aliphatic heterocycles. The van der Waals surface area contributed by atoms with Crippen LogP contribution in [0.1, 0.15) is 30.9 Å². The maximum Gasteiger partial charge on any atom is 0.319 e. The van der Waals surface area contributed by atoms with Gasteiger partial charge >= 0.3 is 6.03 Å². The average molecular weight is 434 g/mol. The minimum Gasteiger partial charge on any atom is -0.487 e. The van der Waals surface area contributed by atoms with Crippen LogP contribution in [0.15, 0.2) is 60.9 Å². The summed E-state index contributed by atoms with van der Waals surface area (Å²) in [4.78, 5) is 12.8. The van der Waals surface area contributed by atoms with Crippen molar-refractivity contribution in [2.45, 2.75) is 30.9 Å². The van der Waals surface area contributed by atoms with E-state index in [2.05, 4.69) is 20.8 Å². The van der Waals surface area contributed by atoms with Gasteiger partial charge in [0.1, 0.15) is 17.2 Å². The number of carbonyl (C=O) groups excluding carboxylic acids is 1. The lowest BCUT2D eigenvalue weighted by Crippen LogP contribution is -2.49. The van der Waals surface area contributed by atoms with Crippen LogP contribution in [0.5, 0.6) is 5.75 Å². The highest BCUT2D eigenvalue weighted by atomic mass is 19.1. The van der Waals surface area contributed by atoms with E-state index in [1.165, 1.54) is 24.3 Å². The Morgan fingerprint density at radius 3 is 2.59 bits per heavy atom. The van der Waals surface area contributed by atoms with E-state index in [1.54, 1.807) is 12.4 Å². The van der Waals surface area contributed by atoms with Crippen molar-refractivity contribution < 1.29 is 18.7 Å². The number of urea groups is 1. The fraction of sp³-hybridized carbons (Fsp3) is 0.292. The third-order valence-electron chi connectivity index (χ3n) is 6.02. The molecule has 2 N–H and O–H groups in total. The number of benzene rings is 2. The molecule has 0 bridgehead atoms. The van der Waals surface area contributed by atoms with Crippen LogP contribution in [0.2, 0.25) is 0 Å². The lowest BCUT2D eigenvalue weighted by Gasteiger charge is -2.44. The van der Waals surface area contributed by atoms with Crippen molar-refractivity contribution in [3.05, 3.63) is 72.3 Å². The number of anilines is 1. The molecule has 2 aliphatic rings. The summed E-state index contributed by atoms with van der Waals surface area (Å²) >= 11 is 0. The maximum absolute atomic E-state index is 13.2. The summed E-state index contributed by atoms with van der Waals surface area (Å²) in [6, 6.07) is 12.9. The van der Waals surface area contributed by atoms with Crippen molar-refractivity contribution in [2.75, 3.05) is 18.5 Å². The van der Waals surface area contributed by atoms with E-state index in [0.29, 0.717) is 25.3 Å². The van der Waals surface area contributed by atoms with Gasteiger partial charge in [-0.05, 0) is 48.0 Å². The fourth-order valence-corrected chi connectivity index (χ4v) is 4.35. The number of carbonyl (C=O) groups is 1. The highest BCUT2D eigenvalue weighted by Gasteiger charge is 2.43. The Morgan fingerprint density at radius 2 is 1.84 bits per heavy atom. The van der Waals surface area contributed by atoms with Crippen molar-refractivity contribution in [3.63, 3.8) is 0 Å². The zero-order valence-corrected chi connectivity index (χ0v) is 17.4. The zero-order chi connectivity index (χ0) is 22.0. The summed E-state index contributed by atoms with van der Waals surface area (Å²) in [5, 5.41) is 13.7. The Kier molecular flexibility index (Phi) is 5.45. The Labute approximate surface area is 185 Å². The van der Waals surface area contributed by atoms with Crippen molar-refractivity contribution in [2.24, 2.45) is 0 Å². The number of ether oxygens (including phenoxy) is 2. The number of nitrogens with zero attached hydrogens (tertiary/aromatic N) is 2. The van der Waals surface area contributed by atoms with Gasteiger partial charge in [-0.2, -0.15) is 10.2 Å². The molecule has 2 aromatic carbocycles. The zero-order valence-electron chi connectivity index (χ0n) is 17.4. The Balaban J connectivity index is 1.44. The van der Waals surface area contributed by atoms with Gasteiger partial charge in [-0.25, -0.2) is 9.18 Å². The van der Waals surface area contributed by atoms with Gasteiger partial charge in [-0.15, -0.1) is 0 Å². The second-order valence-corrected chi connectivity index (χ2v) is 8.14. The van der Waals surface area contributed by atoms with E-state index < -0.39 is 0 Å². The van der Waals surface area contributed by atoms with Crippen LogP contribution in [0.3, 0.4) is 0 Å². The Hall–Kier alpha value is -3.52. The first-order valence-corrected chi connectivity index (χ1v) is 10.6. The van der Waals surface area contributed by atoms with E-state index in [-0.39, 0.29) is 23.5 Å². The molecule has 1 fully saturated rings. The quantitative estimate of drug-likeness (QED) is 0.635. The number of aromatic nitrogens is 2. The third-order valence-corrected chi connectivity index (χ3v) is 6.02. The highest BCUT2D eigenvalue weighted by Crippen LogP contribution is 2.45. The first-order valence-electron chi connectivity index (χ1n) is 10.6. The van der Waals surface area contributed by atoms with Crippen molar-refractivity contribution in [1.82, 2.24) is 15.5 Å². The number of hydrogen-bond acceptors (Lipinski definition) is 5. The Bertz CT molecular complexity index is 1100. The molecule has 1 saturated heterocycles. The summed E-state index contributed by atoms with van der Waals surface area (Å²) in [5.74, 6) is 0.407. The average Bonchev–Trinajstić information content (AvgIpc) is 2.81. The van der Waals surface area contributed by atoms with E-state index >= 15 is 0 Å². The molecule has 1 aromatic heterocycles. The number of nitrogens with one attached hydrogen (secondary N) is 2. The Morgan fingerprint density at radius 1 is 1.03 bits per heavy atom. The van der Waals surface area contributed by atoms with Gasteiger partial charge in [-0.3, -0.25) is 0 Å². The predicted octanol–water partition coefficient (Wildman–Crippen LogP) is 4.48. The van der Waals surface area contributed by atoms with Gasteiger partial charge in [0.15, 0.2) is 0 Å². The first-order chi connectivity index (χ1) is 15.6. The molecule has 32 heavy (non-hydrogen) atoms. The molecule has 5 rings (SSSR count). The van der Waals surface area contributed by atoms with Gasteiger partial charge in [-0.1, -0.05) is 6.07 Å². The van der Waals surface area contributed by atoms with Crippen molar-refractivity contribution in [3.8, 4) is 16.9 Å². The number of fused-ring (bicyclic) bond motifs is 1. The second kappa shape index (κ2) is 8.55. The molecule has 1 unspecified atom stereocenters. The van der Waals surface area contributed by atoms with Gasteiger partial charge in [0, 0.05) is 36.1 Å². The van der Waals surface area contributed by atoms with Crippen LogP contribution in [0, 0.1) is 5.82 Å². The fourth-order valence-electron chi connectivity index (χ4n) is 4.35. The minimum absolute atomic E-state index is 0.257. The van der Waals surface area contributed by atoms with Crippen LogP contribution < -0.4 is 15.4 Å². The molecule has 0 radical (unpaired) electrons. The monoisotopic (exact) mass is 434 g/mol. The van der Waals surface area contributed by atoms with Crippen molar-refractivity contribution in [1.29, 1.82) is 0 Å². The first kappa shape index (κ1) is 20.4. The van der Waals surface area contributed by atoms with Crippen LogP contribution >= 0.6 is 0 Å². The van der Waals surface area contributed by atoms with E-state index in [0.717, 1.165) is 35.3 Å². The SMILES string of the molecule is O=C(Nc1ccc(F)cc1)NC1CC2(CCOCC2)Oc2ccc(-c3ccnnc3)cc21. The third kappa shape index (κ3) is 4.27. The lowest BCUT2D eigenvalue weighted by atomic mass is 9.81. The topological polar surface area (TPSA) is 85.4 Å². The molecule has 8 heteroatoms. The molecular weight excluding hydrogens is 411 g/mol. The highest BCUT2D eigenvalue weighted by molar-refractivity contribution is 5.89. The molecule has 3 heterocycles. The number of hydrogen-bond donors (Lipinski definition) is 2. The molecule has 164 valence electrons. The van der Waals surface area contributed by atoms with Crippen LogP contribution in [0.25, 0.3) is 11.1 Å². The van der Waals surface area contributed by atoms with E-state index in [1.807, 2.05) is 24.3 Å². The van der Waals surface area contributed by atoms with Crippen molar-refractivity contribution >= 4 is 11.7 Å². The minimum atomic E-state index is -0.376. The standard InChI is InChI=1S/C24H23FN4O3/c25-18-2-4-19(5-3-18)28-23(30)29-21-14-24(8-11-31-12-9-24)32-22-6-1-16(13-20(21)22)17-7-10-26-27-15-17/h1-7,10,13,15,21H,8-9,11-12,14H2,(H2,28,29,30). The molecule has 1 atom stereocenters. The molecule has 0 saturated carbocycles. The smallest absolute Gasteiger partial charge is 0.319 e. The molecule has 2 amide bonds. The summed E-state index contributed by atoms with van der Waals surface area (Å²) in [5.41, 5.74) is 2.96. The molecule has 3 aromatic rings. The summed E-state index contributed by atoms with van der Waals surface area (Å²) in [6.07, 6.45) is 5.52. The maximum atomic E-state index is 13.2. The van der Waals surface area contributed by atoms with Gasteiger partial charge in [0.2, 0.25) is 0 Å². The summed E-state index contributed by atoms with van der Waals surface area (Å²) in [7, 11) is 0. The number of rotatable bonds is 3. The molecule has 1 spiro atoms. The van der Waals surface area contributed by atoms with Crippen LogP contribution in [0.4, 0.5) is 14.9 Å². The molecular formula is C24H23FN4O3. The van der Waals surface area contributed by atoms with Crippen LogP contribution in [-0.2, 0) is 4.74 Å². The number of amides is 2. The van der Waals surface area contributed by atoms with Gasteiger partial charge in [0.05, 0.1) is 31.6 Å². The van der Waals surface area contributed by atoms with E-state index in [9.17, 15) is 9.18 Å². The van der Waals surface area contributed by atoms with Gasteiger partial charge in [0.25, 0.3) is 0 Å². The molecule has 7 nitrogen and oxygen atoms in total. The summed E-state index contributed by atoms with van der Waals surface area (Å²) in [6.45, 7) is 1.26.